The van der Waals surface area contributed by atoms with Gasteiger partial charge in [0.2, 0.25) is 11.5 Å². The second kappa shape index (κ2) is 19.1. The van der Waals surface area contributed by atoms with Gasteiger partial charge in [-0.15, -0.1) is 0 Å². The molecule has 2 aliphatic rings. The van der Waals surface area contributed by atoms with Crippen LogP contribution in [-0.2, 0) is 4.84 Å². The number of carbonyl (C=O) groups is 1. The van der Waals surface area contributed by atoms with Crippen molar-refractivity contribution in [2.45, 2.75) is 50.8 Å². The predicted molar refractivity (Wildman–Crippen MR) is 213 cm³/mol. The van der Waals surface area contributed by atoms with Gasteiger partial charge in [-0.25, -0.2) is 0 Å². The highest BCUT2D eigenvalue weighted by Crippen LogP contribution is 2.44. The maximum Gasteiger partial charge on any atom is 0.255 e. The molecule has 4 aromatic rings. The van der Waals surface area contributed by atoms with Gasteiger partial charge in [-0.1, -0.05) is 43.9 Å². The zero-order chi connectivity index (χ0) is 39.4. The van der Waals surface area contributed by atoms with Crippen LogP contribution in [-0.4, -0.2) is 61.8 Å². The Hall–Kier alpha value is -5.95. The first-order chi connectivity index (χ1) is 27.4. The topological polar surface area (TPSA) is 136 Å². The Balaban J connectivity index is 0.932. The lowest BCUT2D eigenvalue weighted by atomic mass is 10.0. The molecular formula is C43H51N3O10. The van der Waals surface area contributed by atoms with Gasteiger partial charge < -0.3 is 48.5 Å². The molecule has 3 N–H and O–H groups in total. The van der Waals surface area contributed by atoms with Crippen LogP contribution >= 0.6 is 0 Å². The van der Waals surface area contributed by atoms with E-state index in [2.05, 4.69) is 16.1 Å². The van der Waals surface area contributed by atoms with Crippen LogP contribution in [0.3, 0.4) is 0 Å². The number of nitrogens with one attached hydrogen (secondary N) is 3. The number of hydroxylamine groups is 1. The molecule has 13 nitrogen and oxygen atoms in total. The van der Waals surface area contributed by atoms with Crippen LogP contribution in [0.1, 0.15) is 77.8 Å². The van der Waals surface area contributed by atoms with E-state index in [1.165, 1.54) is 0 Å². The van der Waals surface area contributed by atoms with Gasteiger partial charge in [0.1, 0.15) is 12.3 Å². The highest BCUT2D eigenvalue weighted by Gasteiger charge is 2.27. The van der Waals surface area contributed by atoms with E-state index in [0.29, 0.717) is 64.8 Å². The van der Waals surface area contributed by atoms with E-state index in [-0.39, 0.29) is 12.1 Å². The Kier molecular flexibility index (Phi) is 13.5. The minimum absolute atomic E-state index is 0.112. The molecule has 2 atom stereocenters. The number of unbranched alkanes of at least 4 members (excludes halogenated alkanes) is 5. The van der Waals surface area contributed by atoms with Crippen LogP contribution in [0.2, 0.25) is 0 Å². The molecule has 0 aliphatic carbocycles. The fourth-order valence-corrected chi connectivity index (χ4v) is 6.73. The zero-order valence-electron chi connectivity index (χ0n) is 32.8. The van der Waals surface area contributed by atoms with Crippen LogP contribution < -0.4 is 54.0 Å². The monoisotopic (exact) mass is 769 g/mol. The summed E-state index contributed by atoms with van der Waals surface area (Å²) in [6, 6.07) is 20.7. The van der Waals surface area contributed by atoms with Gasteiger partial charge in [0.15, 0.2) is 34.5 Å². The van der Waals surface area contributed by atoms with Gasteiger partial charge in [-0.2, -0.15) is 0 Å². The minimum atomic E-state index is -0.406. The zero-order valence-corrected chi connectivity index (χ0v) is 32.8. The van der Waals surface area contributed by atoms with Gasteiger partial charge >= 0.3 is 0 Å². The first-order valence-electron chi connectivity index (χ1n) is 18.7. The maximum absolute atomic E-state index is 12.6. The number of fused-ring (bicyclic) bond motifs is 1. The van der Waals surface area contributed by atoms with Crippen molar-refractivity contribution in [3.05, 3.63) is 95.1 Å². The number of carbonyl (C=O) groups excluding carboxylic acids is 1. The average molecular weight is 770 g/mol. The highest BCUT2D eigenvalue weighted by atomic mass is 16.7. The Morgan fingerprint density at radius 2 is 1.16 bits per heavy atom. The van der Waals surface area contributed by atoms with Crippen LogP contribution in [0.25, 0.3) is 5.70 Å². The number of rotatable bonds is 20. The normalized spacial score (nSPS) is 15.7. The molecule has 0 aromatic heterocycles. The van der Waals surface area contributed by atoms with Gasteiger partial charge in [0.25, 0.3) is 5.91 Å². The van der Waals surface area contributed by atoms with Gasteiger partial charge in [0.05, 0.1) is 67.1 Å². The number of hydrogen-bond donors (Lipinski definition) is 3. The quantitative estimate of drug-likeness (QED) is 0.0752. The number of hydrogen-bond acceptors (Lipinski definition) is 12. The number of benzene rings is 4. The SMILES string of the molecule is COc1cc(C2NC(=O)c3ccccc3N2)ccc1OCCCCCCCCOc1c(OC)cc(C2=CC(c3cc(OC)c(OC)c(OC)c3)ON2)cc1OC. The second-order valence-corrected chi connectivity index (χ2v) is 13.2. The lowest BCUT2D eigenvalue weighted by Crippen LogP contribution is -2.38. The molecule has 13 heteroatoms. The van der Waals surface area contributed by atoms with Crippen molar-refractivity contribution in [3.63, 3.8) is 0 Å². The van der Waals surface area contributed by atoms with Crippen molar-refractivity contribution in [2.24, 2.45) is 0 Å². The largest absolute Gasteiger partial charge is 0.493 e. The smallest absolute Gasteiger partial charge is 0.255 e. The summed E-state index contributed by atoms with van der Waals surface area (Å²) in [4.78, 5) is 18.5. The molecule has 298 valence electrons. The van der Waals surface area contributed by atoms with Crippen molar-refractivity contribution in [3.8, 4) is 46.0 Å². The van der Waals surface area contributed by atoms with E-state index in [1.54, 1.807) is 48.7 Å². The van der Waals surface area contributed by atoms with Gasteiger partial charge in [-0.05, 0) is 78.6 Å². The van der Waals surface area contributed by atoms with Gasteiger partial charge in [-0.3, -0.25) is 15.1 Å². The van der Waals surface area contributed by atoms with E-state index in [0.717, 1.165) is 66.6 Å². The third-order valence-electron chi connectivity index (χ3n) is 9.71. The molecule has 0 radical (unpaired) electrons. The molecular weight excluding hydrogens is 718 g/mol. The van der Waals surface area contributed by atoms with Crippen molar-refractivity contribution in [2.75, 3.05) is 61.2 Å². The summed E-state index contributed by atoms with van der Waals surface area (Å²) < 4.78 is 45.8. The van der Waals surface area contributed by atoms with Crippen LogP contribution in [0.4, 0.5) is 5.69 Å². The number of amides is 1. The summed E-state index contributed by atoms with van der Waals surface area (Å²) in [6.45, 7) is 1.12. The van der Waals surface area contributed by atoms with Crippen LogP contribution in [0.5, 0.6) is 46.0 Å². The fourth-order valence-electron chi connectivity index (χ4n) is 6.73. The summed E-state index contributed by atoms with van der Waals surface area (Å²) in [5, 5.41) is 6.38. The van der Waals surface area contributed by atoms with E-state index >= 15 is 0 Å². The highest BCUT2D eigenvalue weighted by molar-refractivity contribution is 6.01. The predicted octanol–water partition coefficient (Wildman–Crippen LogP) is 8.01. The first kappa shape index (κ1) is 39.7. The molecule has 0 bridgehead atoms. The molecule has 4 aromatic carbocycles. The molecule has 0 fully saturated rings. The third-order valence-corrected chi connectivity index (χ3v) is 9.71. The van der Waals surface area contributed by atoms with Crippen molar-refractivity contribution < 1.29 is 47.5 Å². The number of ether oxygens (including phenoxy) is 8. The van der Waals surface area contributed by atoms with Crippen molar-refractivity contribution in [1.82, 2.24) is 10.8 Å². The summed E-state index contributed by atoms with van der Waals surface area (Å²) in [5.74, 6) is 4.48. The summed E-state index contributed by atoms with van der Waals surface area (Å²) in [6.07, 6.45) is 7.29. The Morgan fingerprint density at radius 3 is 1.80 bits per heavy atom. The van der Waals surface area contributed by atoms with Crippen LogP contribution in [0, 0.1) is 0 Å². The Morgan fingerprint density at radius 1 is 0.571 bits per heavy atom. The van der Waals surface area contributed by atoms with Crippen molar-refractivity contribution >= 4 is 17.3 Å². The summed E-state index contributed by atoms with van der Waals surface area (Å²) >= 11 is 0. The first-order valence-corrected chi connectivity index (χ1v) is 18.7. The molecule has 56 heavy (non-hydrogen) atoms. The lowest BCUT2D eigenvalue weighted by Gasteiger charge is -2.28. The number of anilines is 1. The lowest BCUT2D eigenvalue weighted by molar-refractivity contribution is 0.0508. The van der Waals surface area contributed by atoms with Crippen LogP contribution in [0.15, 0.2) is 72.8 Å². The fraction of sp³-hybridized carbons (Fsp3) is 0.372. The maximum atomic E-state index is 12.6. The van der Waals surface area contributed by atoms with E-state index in [1.807, 2.05) is 66.7 Å². The standard InChI is InChI=1S/C43H51N3O10/c1-48-35-21-27(42-44-31-16-12-11-15-30(31)43(47)45-42)17-18-33(35)54-19-13-9-7-8-10-14-20-55-41-38(51-4)22-28(23-39(41)52-5)32-26-34(56-46-32)29-24-36(49-2)40(53-6)37(25-29)50-3/h11-12,15-18,21-26,34,42,44,46H,7-10,13-14,19-20H2,1-6H3,(H,45,47). The van der Waals surface area contributed by atoms with E-state index in [4.69, 9.17) is 42.7 Å². The molecule has 0 spiro atoms. The average Bonchev–Trinajstić information content (AvgIpc) is 3.74. The molecule has 2 unspecified atom stereocenters. The number of para-hydroxylation sites is 1. The van der Waals surface area contributed by atoms with Gasteiger partial charge in [0, 0.05) is 11.3 Å². The molecule has 0 saturated carbocycles. The summed E-state index contributed by atoms with van der Waals surface area (Å²) in [7, 11) is 9.58. The summed E-state index contributed by atoms with van der Waals surface area (Å²) in [5.41, 5.74) is 7.74. The Bertz CT molecular complexity index is 1950. The van der Waals surface area contributed by atoms with E-state index in [9.17, 15) is 4.79 Å². The minimum Gasteiger partial charge on any atom is -0.493 e. The second-order valence-electron chi connectivity index (χ2n) is 13.2. The molecule has 2 aliphatic heterocycles. The molecule has 0 saturated heterocycles. The third kappa shape index (κ3) is 9.11. The molecule has 1 amide bonds. The molecule has 2 heterocycles. The molecule has 6 rings (SSSR count). The Labute approximate surface area is 328 Å². The van der Waals surface area contributed by atoms with E-state index < -0.39 is 6.10 Å². The van der Waals surface area contributed by atoms with Crippen molar-refractivity contribution in [1.29, 1.82) is 0 Å². The number of methoxy groups -OCH3 is 6.